The molecule has 2 aromatic heterocycles. The molecule has 1 aliphatic rings. The van der Waals surface area contributed by atoms with Gasteiger partial charge in [-0.2, -0.15) is 0 Å². The molecule has 3 heterocycles. The number of thiocarbonyl (C=S) groups is 1. The van der Waals surface area contributed by atoms with E-state index in [1.54, 1.807) is 6.20 Å². The molecular formula is C23H23BrN4O2S. The number of rotatable bonds is 7. The lowest BCUT2D eigenvalue weighted by Crippen LogP contribution is -2.31. The highest BCUT2D eigenvalue weighted by molar-refractivity contribution is 9.10. The van der Waals surface area contributed by atoms with E-state index in [9.17, 15) is 4.79 Å². The van der Waals surface area contributed by atoms with Crippen molar-refractivity contribution in [1.82, 2.24) is 19.8 Å². The highest BCUT2D eigenvalue weighted by Gasteiger charge is 2.41. The van der Waals surface area contributed by atoms with Crippen molar-refractivity contribution in [2.75, 3.05) is 13.7 Å². The van der Waals surface area contributed by atoms with Crippen molar-refractivity contribution in [3.8, 4) is 5.69 Å². The van der Waals surface area contributed by atoms with Crippen LogP contribution < -0.4 is 5.32 Å². The topological polar surface area (TPSA) is 59.4 Å². The van der Waals surface area contributed by atoms with Gasteiger partial charge >= 0.3 is 5.97 Å². The van der Waals surface area contributed by atoms with Crippen molar-refractivity contribution in [3.05, 3.63) is 82.9 Å². The van der Waals surface area contributed by atoms with Crippen LogP contribution in [0.4, 0.5) is 0 Å². The number of halogens is 1. The molecule has 4 rings (SSSR count). The van der Waals surface area contributed by atoms with Gasteiger partial charge in [0.1, 0.15) is 0 Å². The summed E-state index contributed by atoms with van der Waals surface area (Å²) in [7, 11) is 1.41. The van der Waals surface area contributed by atoms with E-state index in [-0.39, 0.29) is 18.1 Å². The molecule has 31 heavy (non-hydrogen) atoms. The number of carbonyl (C=O) groups excluding carboxylic acids is 1. The smallest absolute Gasteiger partial charge is 0.305 e. The second-order valence-corrected chi connectivity index (χ2v) is 8.58. The second-order valence-electron chi connectivity index (χ2n) is 7.28. The number of aromatic nitrogens is 2. The average molecular weight is 499 g/mol. The van der Waals surface area contributed by atoms with E-state index in [0.29, 0.717) is 24.5 Å². The van der Waals surface area contributed by atoms with E-state index in [4.69, 9.17) is 17.0 Å². The van der Waals surface area contributed by atoms with Gasteiger partial charge in [-0.05, 0) is 67.2 Å². The minimum absolute atomic E-state index is 0.0707. The molecule has 0 bridgehead atoms. The Balaban J connectivity index is 1.70. The Morgan fingerprint density at radius 2 is 2.00 bits per heavy atom. The van der Waals surface area contributed by atoms with Gasteiger partial charge < -0.3 is 19.5 Å². The van der Waals surface area contributed by atoms with Crippen LogP contribution in [0.1, 0.15) is 36.3 Å². The molecule has 1 aromatic carbocycles. The molecule has 1 N–H and O–H groups in total. The third kappa shape index (κ3) is 4.65. The van der Waals surface area contributed by atoms with Crippen LogP contribution >= 0.6 is 28.1 Å². The van der Waals surface area contributed by atoms with Crippen LogP contribution in [0.3, 0.4) is 0 Å². The number of nitrogens with zero attached hydrogens (tertiary/aromatic N) is 3. The number of hydrogen-bond acceptors (Lipinski definition) is 4. The molecule has 0 amide bonds. The summed E-state index contributed by atoms with van der Waals surface area (Å²) in [6.07, 6.45) is 4.86. The lowest BCUT2D eigenvalue weighted by atomic mass is 10.0. The molecule has 0 radical (unpaired) electrons. The molecule has 3 aromatic rings. The van der Waals surface area contributed by atoms with E-state index in [2.05, 4.69) is 60.1 Å². The monoisotopic (exact) mass is 498 g/mol. The Bertz CT molecular complexity index is 1050. The third-order valence-electron chi connectivity index (χ3n) is 5.39. The maximum atomic E-state index is 11.6. The number of hydrogen-bond donors (Lipinski definition) is 1. The van der Waals surface area contributed by atoms with Crippen molar-refractivity contribution in [3.63, 3.8) is 0 Å². The van der Waals surface area contributed by atoms with E-state index in [1.165, 1.54) is 7.11 Å². The maximum absolute atomic E-state index is 11.6. The quantitative estimate of drug-likeness (QED) is 0.380. The summed E-state index contributed by atoms with van der Waals surface area (Å²) in [6.45, 7) is 0.639. The van der Waals surface area contributed by atoms with Crippen LogP contribution in [0.25, 0.3) is 5.69 Å². The van der Waals surface area contributed by atoms with Crippen molar-refractivity contribution in [1.29, 1.82) is 0 Å². The number of ether oxygens (including phenoxy) is 1. The van der Waals surface area contributed by atoms with Gasteiger partial charge in [-0.15, -0.1) is 0 Å². The fraction of sp³-hybridized carbons (Fsp3) is 0.261. The lowest BCUT2D eigenvalue weighted by Gasteiger charge is -2.29. The third-order valence-corrected chi connectivity index (χ3v) is 6.27. The van der Waals surface area contributed by atoms with E-state index in [1.807, 2.05) is 36.4 Å². The van der Waals surface area contributed by atoms with Crippen molar-refractivity contribution in [2.45, 2.75) is 24.9 Å². The first-order valence-electron chi connectivity index (χ1n) is 10.1. The van der Waals surface area contributed by atoms with Crippen molar-refractivity contribution in [2.24, 2.45) is 0 Å². The summed E-state index contributed by atoms with van der Waals surface area (Å²) < 4.78 is 8.00. The van der Waals surface area contributed by atoms with Gasteiger partial charge in [0, 0.05) is 41.2 Å². The predicted octanol–water partition coefficient (Wildman–Crippen LogP) is 4.56. The van der Waals surface area contributed by atoms with Gasteiger partial charge in [0.15, 0.2) is 5.11 Å². The molecule has 0 spiro atoms. The lowest BCUT2D eigenvalue weighted by molar-refractivity contribution is -0.140. The van der Waals surface area contributed by atoms with E-state index < -0.39 is 0 Å². The molecule has 1 saturated heterocycles. The Morgan fingerprint density at radius 1 is 1.19 bits per heavy atom. The fourth-order valence-electron chi connectivity index (χ4n) is 3.94. The highest BCUT2D eigenvalue weighted by atomic mass is 79.9. The van der Waals surface area contributed by atoms with Crippen LogP contribution in [0.15, 0.2) is 71.5 Å². The summed E-state index contributed by atoms with van der Waals surface area (Å²) in [6, 6.07) is 18.1. The Morgan fingerprint density at radius 3 is 2.71 bits per heavy atom. The molecule has 0 saturated carbocycles. The summed E-state index contributed by atoms with van der Waals surface area (Å²) in [5.74, 6) is -0.214. The number of nitrogens with one attached hydrogen (secondary N) is 1. The fourth-order valence-corrected chi connectivity index (χ4v) is 4.53. The minimum Gasteiger partial charge on any atom is -0.469 e. The first-order valence-corrected chi connectivity index (χ1v) is 11.3. The van der Waals surface area contributed by atoms with E-state index in [0.717, 1.165) is 21.5 Å². The van der Waals surface area contributed by atoms with E-state index >= 15 is 0 Å². The van der Waals surface area contributed by atoms with Crippen molar-refractivity contribution < 1.29 is 9.53 Å². The molecular weight excluding hydrogens is 476 g/mol. The average Bonchev–Trinajstić information content (AvgIpc) is 3.39. The maximum Gasteiger partial charge on any atom is 0.305 e. The molecule has 6 nitrogen and oxygen atoms in total. The van der Waals surface area contributed by atoms with Gasteiger partial charge in [0.25, 0.3) is 0 Å². The van der Waals surface area contributed by atoms with Gasteiger partial charge in [-0.3, -0.25) is 9.78 Å². The molecule has 160 valence electrons. The molecule has 2 atom stereocenters. The number of benzene rings is 1. The predicted molar refractivity (Wildman–Crippen MR) is 127 cm³/mol. The second kappa shape index (κ2) is 9.62. The van der Waals surface area contributed by atoms with Gasteiger partial charge in [-0.25, -0.2) is 0 Å². The normalized spacial score (nSPS) is 18.1. The molecule has 1 aliphatic heterocycles. The van der Waals surface area contributed by atoms with Gasteiger partial charge in [0.05, 0.1) is 24.9 Å². The number of carbonyl (C=O) groups is 1. The highest BCUT2D eigenvalue weighted by Crippen LogP contribution is 2.39. The van der Waals surface area contributed by atoms with Gasteiger partial charge in [0.2, 0.25) is 0 Å². The molecule has 0 aliphatic carbocycles. The van der Waals surface area contributed by atoms with Crippen LogP contribution in [0.5, 0.6) is 0 Å². The summed E-state index contributed by atoms with van der Waals surface area (Å²) in [4.78, 5) is 18.4. The SMILES string of the molecule is COC(=O)CCCN1C(=S)N[C@H](c2ccccn2)[C@H]1c1cccn1-c1ccc(Br)cc1. The largest absolute Gasteiger partial charge is 0.469 e. The van der Waals surface area contributed by atoms with Crippen molar-refractivity contribution >= 4 is 39.2 Å². The first kappa shape index (κ1) is 21.5. The van der Waals surface area contributed by atoms with Crippen LogP contribution in [-0.4, -0.2) is 39.2 Å². The summed E-state index contributed by atoms with van der Waals surface area (Å²) >= 11 is 9.21. The zero-order valence-electron chi connectivity index (χ0n) is 17.1. The van der Waals surface area contributed by atoms with Gasteiger partial charge in [-0.1, -0.05) is 22.0 Å². The summed E-state index contributed by atoms with van der Waals surface area (Å²) in [5, 5.41) is 4.12. The standard InChI is InChI=1S/C23H23BrN4O2S/c1-30-20(29)8-5-15-28-22(21(26-23(28)31)18-6-2-3-13-25-18)19-7-4-14-27(19)17-11-9-16(24)10-12-17/h2-4,6-7,9-14,21-22H,5,8,15H2,1H3,(H,26,31)/t21-,22-/m1/s1. The summed E-state index contributed by atoms with van der Waals surface area (Å²) in [5.41, 5.74) is 3.09. The number of esters is 1. The molecule has 0 unspecified atom stereocenters. The zero-order chi connectivity index (χ0) is 21.8. The zero-order valence-corrected chi connectivity index (χ0v) is 19.5. The molecule has 8 heteroatoms. The number of pyridine rings is 1. The first-order chi connectivity index (χ1) is 15.1. The Labute approximate surface area is 195 Å². The van der Waals surface area contributed by atoms with Crippen LogP contribution in [-0.2, 0) is 9.53 Å². The van der Waals surface area contributed by atoms with Crippen LogP contribution in [0, 0.1) is 0 Å². The number of methoxy groups -OCH3 is 1. The van der Waals surface area contributed by atoms with Crippen LogP contribution in [0.2, 0.25) is 0 Å². The Kier molecular flexibility index (Phi) is 6.67. The minimum atomic E-state index is -0.214. The molecule has 1 fully saturated rings. The Hall–Kier alpha value is -2.71.